The molecule has 0 aromatic carbocycles. The molecule has 0 amide bonds. The maximum Gasteiger partial charge on any atom is 0.0706 e. The highest BCUT2D eigenvalue weighted by molar-refractivity contribution is 4.82. The molecule has 78 valence electrons. The average Bonchev–Trinajstić information content (AvgIpc) is 2.52. The molecule has 0 aromatic heterocycles. The Kier molecular flexibility index (Phi) is 5.35. The van der Waals surface area contributed by atoms with Gasteiger partial charge < -0.3 is 15.2 Å². The topological polar surface area (TPSA) is 41.5 Å². The Labute approximate surface area is 80.5 Å². The number of nitrogens with one attached hydrogen (secondary N) is 1. The van der Waals surface area contributed by atoms with E-state index in [-0.39, 0.29) is 12.1 Å². The number of aliphatic hydroxyl groups is 1. The van der Waals surface area contributed by atoms with Crippen molar-refractivity contribution in [3.05, 3.63) is 0 Å². The van der Waals surface area contributed by atoms with Crippen LogP contribution in [-0.4, -0.2) is 37.0 Å². The normalized spacial score (nSPS) is 28.2. The van der Waals surface area contributed by atoms with Gasteiger partial charge in [0.05, 0.1) is 6.10 Å². The molecule has 3 nitrogen and oxygen atoms in total. The van der Waals surface area contributed by atoms with Gasteiger partial charge in [0.2, 0.25) is 0 Å². The molecule has 2 N–H and O–H groups in total. The summed E-state index contributed by atoms with van der Waals surface area (Å²) in [6, 6.07) is 0.265. The lowest BCUT2D eigenvalue weighted by atomic mass is 10.1. The summed E-state index contributed by atoms with van der Waals surface area (Å²) in [5.74, 6) is 0. The molecule has 1 unspecified atom stereocenters. The lowest BCUT2D eigenvalue weighted by molar-refractivity contribution is 0.0975. The molecule has 1 aliphatic heterocycles. The van der Waals surface area contributed by atoms with E-state index in [0.717, 1.165) is 39.0 Å². The molecule has 0 spiro atoms. The Morgan fingerprint density at radius 2 is 2.31 bits per heavy atom. The van der Waals surface area contributed by atoms with E-state index >= 15 is 0 Å². The molecule has 13 heavy (non-hydrogen) atoms. The van der Waals surface area contributed by atoms with Gasteiger partial charge >= 0.3 is 0 Å². The zero-order valence-electron chi connectivity index (χ0n) is 8.46. The third kappa shape index (κ3) is 4.07. The van der Waals surface area contributed by atoms with E-state index in [9.17, 15) is 5.11 Å². The van der Waals surface area contributed by atoms with Gasteiger partial charge in [0.1, 0.15) is 0 Å². The van der Waals surface area contributed by atoms with Crippen LogP contribution in [0.1, 0.15) is 32.6 Å². The molecular weight excluding hydrogens is 166 g/mol. The van der Waals surface area contributed by atoms with Crippen LogP contribution in [-0.2, 0) is 4.74 Å². The zero-order valence-corrected chi connectivity index (χ0v) is 8.46. The quantitative estimate of drug-likeness (QED) is 0.607. The van der Waals surface area contributed by atoms with Gasteiger partial charge in [-0.2, -0.15) is 0 Å². The molecule has 1 heterocycles. The lowest BCUT2D eigenvalue weighted by Crippen LogP contribution is -2.31. The summed E-state index contributed by atoms with van der Waals surface area (Å²) in [6.45, 7) is 4.74. The van der Waals surface area contributed by atoms with Crippen molar-refractivity contribution in [2.24, 2.45) is 0 Å². The van der Waals surface area contributed by atoms with Gasteiger partial charge in [-0.25, -0.2) is 0 Å². The lowest BCUT2D eigenvalue weighted by Gasteiger charge is -2.14. The summed E-state index contributed by atoms with van der Waals surface area (Å²) < 4.78 is 5.43. The fourth-order valence-corrected chi connectivity index (χ4v) is 1.61. The third-order valence-electron chi connectivity index (χ3n) is 2.53. The van der Waals surface area contributed by atoms with Gasteiger partial charge in [-0.3, -0.25) is 0 Å². The molecule has 1 rings (SSSR count). The fraction of sp³-hybridized carbons (Fsp3) is 1.00. The summed E-state index contributed by atoms with van der Waals surface area (Å²) in [4.78, 5) is 0. The Hall–Kier alpha value is -0.120. The third-order valence-corrected chi connectivity index (χ3v) is 2.53. The van der Waals surface area contributed by atoms with E-state index < -0.39 is 0 Å². The van der Waals surface area contributed by atoms with Crippen LogP contribution in [0.25, 0.3) is 0 Å². The fourth-order valence-electron chi connectivity index (χ4n) is 1.61. The molecule has 0 radical (unpaired) electrons. The Balaban J connectivity index is 1.93. The van der Waals surface area contributed by atoms with Crippen molar-refractivity contribution in [1.29, 1.82) is 0 Å². The minimum atomic E-state index is -0.158. The van der Waals surface area contributed by atoms with E-state index in [1.165, 1.54) is 6.42 Å². The first kappa shape index (κ1) is 11.0. The highest BCUT2D eigenvalue weighted by atomic mass is 16.5. The van der Waals surface area contributed by atoms with Gasteiger partial charge in [-0.1, -0.05) is 13.3 Å². The first-order valence-electron chi connectivity index (χ1n) is 5.33. The van der Waals surface area contributed by atoms with Crippen molar-refractivity contribution >= 4 is 0 Å². The molecule has 1 saturated heterocycles. The maximum absolute atomic E-state index is 9.47. The van der Waals surface area contributed by atoms with Gasteiger partial charge in [0, 0.05) is 19.3 Å². The summed E-state index contributed by atoms with van der Waals surface area (Å²) in [5, 5.41) is 12.7. The first-order chi connectivity index (χ1) is 6.34. The molecule has 1 fully saturated rings. The number of unbranched alkanes of at least 4 members (excludes halogenated alkanes) is 1. The van der Waals surface area contributed by atoms with Crippen molar-refractivity contribution in [3.63, 3.8) is 0 Å². The van der Waals surface area contributed by atoms with E-state index in [1.54, 1.807) is 0 Å². The van der Waals surface area contributed by atoms with Crippen LogP contribution in [0, 0.1) is 0 Å². The largest absolute Gasteiger partial charge is 0.391 e. The van der Waals surface area contributed by atoms with Gasteiger partial charge in [0.15, 0.2) is 0 Å². The van der Waals surface area contributed by atoms with Crippen LogP contribution in [0.3, 0.4) is 0 Å². The first-order valence-corrected chi connectivity index (χ1v) is 5.33. The molecule has 0 saturated carbocycles. The average molecular weight is 187 g/mol. The molecule has 2 atom stereocenters. The Morgan fingerprint density at radius 3 is 2.92 bits per heavy atom. The Bertz CT molecular complexity index is 130. The van der Waals surface area contributed by atoms with E-state index in [4.69, 9.17) is 4.74 Å². The zero-order chi connectivity index (χ0) is 9.52. The number of ether oxygens (including phenoxy) is 1. The Morgan fingerprint density at radius 1 is 1.46 bits per heavy atom. The summed E-state index contributed by atoms with van der Waals surface area (Å²) in [5.41, 5.74) is 0. The predicted octanol–water partition coefficient (Wildman–Crippen LogP) is 0.916. The molecule has 1 aliphatic rings. The predicted molar refractivity (Wildman–Crippen MR) is 52.8 cm³/mol. The smallest absolute Gasteiger partial charge is 0.0706 e. The molecule has 0 aromatic rings. The van der Waals surface area contributed by atoms with E-state index in [1.807, 2.05) is 0 Å². The minimum absolute atomic E-state index is 0.158. The van der Waals surface area contributed by atoms with E-state index in [0.29, 0.717) is 0 Å². The monoisotopic (exact) mass is 187 g/mol. The maximum atomic E-state index is 9.47. The highest BCUT2D eigenvalue weighted by Crippen LogP contribution is 2.09. The van der Waals surface area contributed by atoms with Crippen molar-refractivity contribution in [1.82, 2.24) is 5.32 Å². The van der Waals surface area contributed by atoms with Crippen LogP contribution >= 0.6 is 0 Å². The number of aliphatic hydroxyl groups excluding tert-OH is 1. The van der Waals surface area contributed by atoms with Crippen LogP contribution in [0.4, 0.5) is 0 Å². The van der Waals surface area contributed by atoms with Crippen molar-refractivity contribution in [2.75, 3.05) is 19.8 Å². The number of hydrogen-bond donors (Lipinski definition) is 2. The minimum Gasteiger partial charge on any atom is -0.391 e. The summed E-state index contributed by atoms with van der Waals surface area (Å²) in [7, 11) is 0. The highest BCUT2D eigenvalue weighted by Gasteiger charge is 2.23. The summed E-state index contributed by atoms with van der Waals surface area (Å²) >= 11 is 0. The molecule has 3 heteroatoms. The SMILES string of the molecule is CCCCOCCC1NCC[C@@H]1O. The van der Waals surface area contributed by atoms with Crippen molar-refractivity contribution in [3.8, 4) is 0 Å². The van der Waals surface area contributed by atoms with Gasteiger partial charge in [0.25, 0.3) is 0 Å². The number of rotatable bonds is 6. The van der Waals surface area contributed by atoms with Crippen LogP contribution in [0.15, 0.2) is 0 Å². The number of hydrogen-bond acceptors (Lipinski definition) is 3. The van der Waals surface area contributed by atoms with Crippen LogP contribution < -0.4 is 5.32 Å². The second-order valence-corrected chi connectivity index (χ2v) is 3.67. The van der Waals surface area contributed by atoms with Gasteiger partial charge in [-0.15, -0.1) is 0 Å². The standard InChI is InChI=1S/C10H21NO2/c1-2-3-7-13-8-5-9-10(12)4-6-11-9/h9-12H,2-8H2,1H3/t9?,10-/m0/s1. The summed E-state index contributed by atoms with van der Waals surface area (Å²) in [6.07, 6.45) is 3.99. The van der Waals surface area contributed by atoms with Crippen molar-refractivity contribution < 1.29 is 9.84 Å². The molecule has 0 bridgehead atoms. The van der Waals surface area contributed by atoms with Gasteiger partial charge in [-0.05, 0) is 25.8 Å². The molecule has 0 aliphatic carbocycles. The van der Waals surface area contributed by atoms with Crippen LogP contribution in [0.5, 0.6) is 0 Å². The second-order valence-electron chi connectivity index (χ2n) is 3.67. The second kappa shape index (κ2) is 6.35. The van der Waals surface area contributed by atoms with Crippen molar-refractivity contribution in [2.45, 2.75) is 44.8 Å². The van der Waals surface area contributed by atoms with E-state index in [2.05, 4.69) is 12.2 Å². The van der Waals surface area contributed by atoms with Crippen LogP contribution in [0.2, 0.25) is 0 Å². The molecular formula is C10H21NO2.